The smallest absolute Gasteiger partial charge is 0.134 e. The molecule has 100 valence electrons. The van der Waals surface area contributed by atoms with E-state index in [0.717, 1.165) is 23.5 Å². The molecule has 0 aliphatic rings. The molecule has 0 radical (unpaired) electrons. The Morgan fingerprint density at radius 2 is 2.00 bits per heavy atom. The van der Waals surface area contributed by atoms with Gasteiger partial charge in [-0.3, -0.25) is 0 Å². The summed E-state index contributed by atoms with van der Waals surface area (Å²) >= 11 is 0. The lowest BCUT2D eigenvalue weighted by Gasteiger charge is -2.09. The Hall–Kier alpha value is -1.87. The van der Waals surface area contributed by atoms with E-state index >= 15 is 0 Å². The van der Waals surface area contributed by atoms with E-state index in [0.29, 0.717) is 12.6 Å². The van der Waals surface area contributed by atoms with Crippen molar-refractivity contribution in [3.63, 3.8) is 0 Å². The van der Waals surface area contributed by atoms with Gasteiger partial charge < -0.3 is 9.73 Å². The third kappa shape index (κ3) is 3.80. The largest absolute Gasteiger partial charge is 0.460 e. The summed E-state index contributed by atoms with van der Waals surface area (Å²) in [7, 11) is 0. The predicted octanol–water partition coefficient (Wildman–Crippen LogP) is 4.14. The van der Waals surface area contributed by atoms with Crippen LogP contribution >= 0.6 is 0 Å². The summed E-state index contributed by atoms with van der Waals surface area (Å²) in [5, 5.41) is 3.35. The molecule has 0 saturated heterocycles. The Morgan fingerprint density at radius 1 is 1.26 bits per heavy atom. The SMILES string of the molecule is C=CCC(C)NCc1ccc(-c2ccc(F)cc2)o1. The molecule has 19 heavy (non-hydrogen) atoms. The van der Waals surface area contributed by atoms with Crippen LogP contribution in [0.4, 0.5) is 4.39 Å². The fourth-order valence-electron chi connectivity index (χ4n) is 1.85. The summed E-state index contributed by atoms with van der Waals surface area (Å²) in [6.45, 7) is 6.49. The van der Waals surface area contributed by atoms with Crippen LogP contribution in [0.25, 0.3) is 11.3 Å². The van der Waals surface area contributed by atoms with E-state index in [2.05, 4.69) is 18.8 Å². The van der Waals surface area contributed by atoms with Crippen molar-refractivity contribution in [3.8, 4) is 11.3 Å². The fraction of sp³-hybridized carbons (Fsp3) is 0.250. The Balaban J connectivity index is 1.99. The molecular formula is C16H18FNO. The molecule has 0 bridgehead atoms. The lowest BCUT2D eigenvalue weighted by atomic mass is 10.2. The summed E-state index contributed by atoms with van der Waals surface area (Å²) in [6, 6.07) is 10.5. The van der Waals surface area contributed by atoms with E-state index in [1.807, 2.05) is 18.2 Å². The first-order valence-electron chi connectivity index (χ1n) is 6.38. The number of nitrogens with one attached hydrogen (secondary N) is 1. The maximum Gasteiger partial charge on any atom is 0.134 e. The maximum atomic E-state index is 12.8. The second-order valence-electron chi connectivity index (χ2n) is 4.58. The predicted molar refractivity (Wildman–Crippen MR) is 75.2 cm³/mol. The van der Waals surface area contributed by atoms with E-state index in [9.17, 15) is 4.39 Å². The first-order chi connectivity index (χ1) is 9.19. The van der Waals surface area contributed by atoms with E-state index in [1.165, 1.54) is 12.1 Å². The second-order valence-corrected chi connectivity index (χ2v) is 4.58. The van der Waals surface area contributed by atoms with Crippen LogP contribution in [0.5, 0.6) is 0 Å². The zero-order valence-electron chi connectivity index (χ0n) is 11.0. The van der Waals surface area contributed by atoms with Crippen LogP contribution in [0.1, 0.15) is 19.1 Å². The van der Waals surface area contributed by atoms with Gasteiger partial charge in [0, 0.05) is 11.6 Å². The van der Waals surface area contributed by atoms with Gasteiger partial charge in [-0.2, -0.15) is 0 Å². The van der Waals surface area contributed by atoms with Crippen LogP contribution in [0.3, 0.4) is 0 Å². The summed E-state index contributed by atoms with van der Waals surface area (Å²) in [4.78, 5) is 0. The van der Waals surface area contributed by atoms with Gasteiger partial charge in [0.2, 0.25) is 0 Å². The molecular weight excluding hydrogens is 241 g/mol. The maximum absolute atomic E-state index is 12.8. The monoisotopic (exact) mass is 259 g/mol. The highest BCUT2D eigenvalue weighted by Gasteiger charge is 2.06. The first kappa shape index (κ1) is 13.6. The Labute approximate surface area is 112 Å². The Bertz CT molecular complexity index is 530. The average molecular weight is 259 g/mol. The second kappa shape index (κ2) is 6.34. The quantitative estimate of drug-likeness (QED) is 0.789. The topological polar surface area (TPSA) is 25.2 Å². The molecule has 1 N–H and O–H groups in total. The normalized spacial score (nSPS) is 12.3. The third-order valence-corrected chi connectivity index (χ3v) is 2.94. The summed E-state index contributed by atoms with van der Waals surface area (Å²) < 4.78 is 18.6. The number of hydrogen-bond acceptors (Lipinski definition) is 2. The zero-order valence-corrected chi connectivity index (χ0v) is 11.0. The van der Waals surface area contributed by atoms with Gasteiger partial charge >= 0.3 is 0 Å². The minimum atomic E-state index is -0.240. The Morgan fingerprint density at radius 3 is 2.68 bits per heavy atom. The molecule has 0 aliphatic carbocycles. The highest BCUT2D eigenvalue weighted by molar-refractivity contribution is 5.57. The van der Waals surface area contributed by atoms with Crippen LogP contribution in [0.15, 0.2) is 53.5 Å². The molecule has 0 amide bonds. The van der Waals surface area contributed by atoms with Gasteiger partial charge in [-0.1, -0.05) is 6.08 Å². The molecule has 3 heteroatoms. The minimum absolute atomic E-state index is 0.240. The van der Waals surface area contributed by atoms with Crippen molar-refractivity contribution >= 4 is 0 Å². The number of benzene rings is 1. The number of rotatable bonds is 6. The molecule has 0 aliphatic heterocycles. The first-order valence-corrected chi connectivity index (χ1v) is 6.38. The molecule has 1 atom stereocenters. The summed E-state index contributed by atoms with van der Waals surface area (Å²) in [6.07, 6.45) is 2.81. The van der Waals surface area contributed by atoms with Crippen LogP contribution in [0.2, 0.25) is 0 Å². The van der Waals surface area contributed by atoms with Gasteiger partial charge in [0.05, 0.1) is 6.54 Å². The van der Waals surface area contributed by atoms with Crippen molar-refractivity contribution in [1.82, 2.24) is 5.32 Å². The average Bonchev–Trinajstić information content (AvgIpc) is 2.86. The standard InChI is InChI=1S/C16H18FNO/c1-3-4-12(2)18-11-15-9-10-16(19-15)13-5-7-14(17)8-6-13/h3,5-10,12,18H,1,4,11H2,2H3. The van der Waals surface area contributed by atoms with E-state index in [1.54, 1.807) is 12.1 Å². The van der Waals surface area contributed by atoms with Crippen molar-refractivity contribution in [3.05, 3.63) is 60.6 Å². The van der Waals surface area contributed by atoms with E-state index in [-0.39, 0.29) is 5.82 Å². The van der Waals surface area contributed by atoms with Gasteiger partial charge in [-0.25, -0.2) is 4.39 Å². The number of hydrogen-bond donors (Lipinski definition) is 1. The lowest BCUT2D eigenvalue weighted by Crippen LogP contribution is -2.24. The third-order valence-electron chi connectivity index (χ3n) is 2.94. The molecule has 0 fully saturated rings. The van der Waals surface area contributed by atoms with Crippen LogP contribution in [-0.4, -0.2) is 6.04 Å². The summed E-state index contributed by atoms with van der Waals surface area (Å²) in [5.41, 5.74) is 0.881. The van der Waals surface area contributed by atoms with E-state index in [4.69, 9.17) is 4.42 Å². The zero-order chi connectivity index (χ0) is 13.7. The van der Waals surface area contributed by atoms with Crippen molar-refractivity contribution < 1.29 is 8.81 Å². The highest BCUT2D eigenvalue weighted by atomic mass is 19.1. The molecule has 0 saturated carbocycles. The molecule has 2 rings (SSSR count). The molecule has 1 heterocycles. The van der Waals surface area contributed by atoms with Crippen LogP contribution < -0.4 is 5.32 Å². The number of furan rings is 1. The van der Waals surface area contributed by atoms with Crippen molar-refractivity contribution in [2.45, 2.75) is 25.9 Å². The van der Waals surface area contributed by atoms with Gasteiger partial charge in [-0.15, -0.1) is 6.58 Å². The van der Waals surface area contributed by atoms with Gasteiger partial charge in [0.25, 0.3) is 0 Å². The molecule has 1 aromatic carbocycles. The molecule has 2 nitrogen and oxygen atoms in total. The van der Waals surface area contributed by atoms with Gasteiger partial charge in [-0.05, 0) is 49.7 Å². The van der Waals surface area contributed by atoms with Gasteiger partial charge in [0.15, 0.2) is 0 Å². The number of halogens is 1. The molecule has 1 unspecified atom stereocenters. The fourth-order valence-corrected chi connectivity index (χ4v) is 1.85. The minimum Gasteiger partial charge on any atom is -0.460 e. The van der Waals surface area contributed by atoms with Crippen LogP contribution in [0, 0.1) is 5.82 Å². The van der Waals surface area contributed by atoms with Crippen molar-refractivity contribution in [2.24, 2.45) is 0 Å². The molecule has 2 aromatic rings. The Kier molecular flexibility index (Phi) is 4.53. The van der Waals surface area contributed by atoms with Gasteiger partial charge in [0.1, 0.15) is 17.3 Å². The lowest BCUT2D eigenvalue weighted by molar-refractivity contribution is 0.463. The highest BCUT2D eigenvalue weighted by Crippen LogP contribution is 2.22. The summed E-state index contributed by atoms with van der Waals surface area (Å²) in [5.74, 6) is 1.39. The van der Waals surface area contributed by atoms with Crippen molar-refractivity contribution in [1.29, 1.82) is 0 Å². The molecule has 0 spiro atoms. The van der Waals surface area contributed by atoms with Crippen molar-refractivity contribution in [2.75, 3.05) is 0 Å². The van der Waals surface area contributed by atoms with Crippen LogP contribution in [-0.2, 0) is 6.54 Å². The molecule has 1 aromatic heterocycles. The van der Waals surface area contributed by atoms with E-state index < -0.39 is 0 Å².